The quantitative estimate of drug-likeness (QED) is 0.697. The van der Waals surface area contributed by atoms with Crippen molar-refractivity contribution in [2.75, 3.05) is 18.8 Å². The molecule has 0 saturated carbocycles. The Bertz CT molecular complexity index is 649. The average Bonchev–Trinajstić information content (AvgIpc) is 2.88. The maximum atomic E-state index is 12.4. The van der Waals surface area contributed by atoms with Crippen molar-refractivity contribution >= 4 is 34.5 Å². The van der Waals surface area contributed by atoms with E-state index in [0.717, 1.165) is 31.4 Å². The van der Waals surface area contributed by atoms with Gasteiger partial charge in [-0.1, -0.05) is 11.8 Å². The summed E-state index contributed by atoms with van der Waals surface area (Å²) in [6.45, 7) is 3.65. The maximum absolute atomic E-state index is 12.4. The molecule has 0 aliphatic carbocycles. The molecule has 2 aromatic rings. The van der Waals surface area contributed by atoms with Crippen LogP contribution in [0, 0.1) is 0 Å². The Morgan fingerprint density at radius 3 is 2.90 bits per heavy atom. The molecular formula is C15H19N3O2S. The highest BCUT2D eigenvalue weighted by Crippen LogP contribution is 2.29. The summed E-state index contributed by atoms with van der Waals surface area (Å²) >= 11 is 1.37. The Labute approximate surface area is 127 Å². The van der Waals surface area contributed by atoms with Crippen molar-refractivity contribution < 1.29 is 9.21 Å². The maximum Gasteiger partial charge on any atom is 0.257 e. The van der Waals surface area contributed by atoms with Gasteiger partial charge in [0.15, 0.2) is 5.58 Å². The van der Waals surface area contributed by atoms with Crippen molar-refractivity contribution in [2.45, 2.75) is 36.7 Å². The number of piperidine rings is 1. The van der Waals surface area contributed by atoms with E-state index < -0.39 is 0 Å². The van der Waals surface area contributed by atoms with Gasteiger partial charge < -0.3 is 15.1 Å². The first-order valence-electron chi connectivity index (χ1n) is 7.25. The molecule has 1 fully saturated rings. The van der Waals surface area contributed by atoms with Gasteiger partial charge in [-0.3, -0.25) is 4.79 Å². The molecule has 21 heavy (non-hydrogen) atoms. The Morgan fingerprint density at radius 1 is 1.38 bits per heavy atom. The minimum atomic E-state index is -0.187. The van der Waals surface area contributed by atoms with Gasteiger partial charge in [-0.25, -0.2) is 4.98 Å². The predicted molar refractivity (Wildman–Crippen MR) is 84.2 cm³/mol. The summed E-state index contributed by atoms with van der Waals surface area (Å²) < 4.78 is 5.66. The zero-order valence-electron chi connectivity index (χ0n) is 12.0. The van der Waals surface area contributed by atoms with Crippen molar-refractivity contribution in [3.05, 3.63) is 18.2 Å². The third-order valence-corrected chi connectivity index (χ3v) is 4.62. The first kappa shape index (κ1) is 14.3. The molecule has 1 saturated heterocycles. The molecule has 2 N–H and O–H groups in total. The Morgan fingerprint density at radius 2 is 2.14 bits per heavy atom. The first-order valence-corrected chi connectivity index (χ1v) is 8.13. The largest absolute Gasteiger partial charge is 0.431 e. The average molecular weight is 305 g/mol. The van der Waals surface area contributed by atoms with Gasteiger partial charge in [-0.15, -0.1) is 0 Å². The number of carbonyl (C=O) groups excluding carboxylic acids is 1. The second kappa shape index (κ2) is 5.97. The molecule has 5 nitrogen and oxygen atoms in total. The van der Waals surface area contributed by atoms with Crippen LogP contribution < -0.4 is 5.73 Å². The molecule has 0 bridgehead atoms. The van der Waals surface area contributed by atoms with Crippen LogP contribution in [-0.2, 0) is 4.79 Å². The Balaban J connectivity index is 1.70. The first-order chi connectivity index (χ1) is 10.1. The van der Waals surface area contributed by atoms with Crippen LogP contribution in [0.1, 0.15) is 26.2 Å². The van der Waals surface area contributed by atoms with Crippen LogP contribution in [0.4, 0.5) is 5.69 Å². The molecule has 2 heterocycles. The summed E-state index contributed by atoms with van der Waals surface area (Å²) in [6, 6.07) is 5.38. The van der Waals surface area contributed by atoms with Crippen LogP contribution in [0.5, 0.6) is 0 Å². The van der Waals surface area contributed by atoms with Gasteiger partial charge in [0, 0.05) is 24.8 Å². The van der Waals surface area contributed by atoms with E-state index in [1.54, 1.807) is 12.1 Å². The van der Waals surface area contributed by atoms with Crippen molar-refractivity contribution in [1.82, 2.24) is 9.88 Å². The lowest BCUT2D eigenvalue weighted by atomic mass is 10.1. The normalized spacial score (nSPS) is 17.1. The summed E-state index contributed by atoms with van der Waals surface area (Å²) in [5, 5.41) is 0.335. The van der Waals surface area contributed by atoms with Gasteiger partial charge >= 0.3 is 0 Å². The van der Waals surface area contributed by atoms with E-state index in [4.69, 9.17) is 10.2 Å². The highest BCUT2D eigenvalue weighted by molar-refractivity contribution is 8.00. The van der Waals surface area contributed by atoms with Gasteiger partial charge in [0.25, 0.3) is 5.22 Å². The number of thioether (sulfide) groups is 1. The minimum Gasteiger partial charge on any atom is -0.431 e. The van der Waals surface area contributed by atoms with Gasteiger partial charge in [0.05, 0.1) is 5.25 Å². The lowest BCUT2D eigenvalue weighted by Crippen LogP contribution is -2.40. The number of anilines is 1. The number of oxazole rings is 1. The predicted octanol–water partition coefficient (Wildman–Crippen LogP) is 2.90. The summed E-state index contributed by atoms with van der Waals surface area (Å²) in [6.07, 6.45) is 3.43. The molecule has 112 valence electrons. The van der Waals surface area contributed by atoms with Gasteiger partial charge in [0.2, 0.25) is 5.91 Å². The number of nitrogens with zero attached hydrogens (tertiary/aromatic N) is 2. The number of hydrogen-bond donors (Lipinski definition) is 1. The van der Waals surface area contributed by atoms with Crippen LogP contribution >= 0.6 is 11.8 Å². The summed E-state index contributed by atoms with van der Waals surface area (Å²) in [7, 11) is 0. The molecule has 0 spiro atoms. The lowest BCUT2D eigenvalue weighted by molar-refractivity contribution is -0.131. The van der Waals surface area contributed by atoms with Crippen LogP contribution in [0.2, 0.25) is 0 Å². The number of nitrogens with two attached hydrogens (primary N) is 1. The van der Waals surface area contributed by atoms with Crippen LogP contribution in [0.3, 0.4) is 0 Å². The molecule has 1 atom stereocenters. The number of rotatable bonds is 3. The van der Waals surface area contributed by atoms with E-state index >= 15 is 0 Å². The fraction of sp³-hybridized carbons (Fsp3) is 0.467. The van der Waals surface area contributed by atoms with Gasteiger partial charge in [-0.05, 0) is 38.3 Å². The molecule has 0 radical (unpaired) electrons. The molecule has 1 amide bonds. The number of likely N-dealkylation sites (tertiary alicyclic amines) is 1. The molecule has 1 aliphatic rings. The van der Waals surface area contributed by atoms with E-state index in [1.807, 2.05) is 17.9 Å². The topological polar surface area (TPSA) is 72.4 Å². The number of benzene rings is 1. The van der Waals surface area contributed by atoms with Crippen molar-refractivity contribution in [3.63, 3.8) is 0 Å². The SMILES string of the molecule is CC(Sc1nc2ccc(N)cc2o1)C(=O)N1CCCCC1. The number of carbonyl (C=O) groups is 1. The third kappa shape index (κ3) is 3.15. The van der Waals surface area contributed by atoms with Crippen molar-refractivity contribution in [1.29, 1.82) is 0 Å². The van der Waals surface area contributed by atoms with E-state index in [0.29, 0.717) is 16.5 Å². The Kier molecular flexibility index (Phi) is 4.05. The molecule has 6 heteroatoms. The zero-order chi connectivity index (χ0) is 14.8. The smallest absolute Gasteiger partial charge is 0.257 e. The second-order valence-corrected chi connectivity index (χ2v) is 6.65. The number of amides is 1. The van der Waals surface area contributed by atoms with E-state index in [1.165, 1.54) is 18.2 Å². The molecule has 1 aliphatic heterocycles. The van der Waals surface area contributed by atoms with E-state index in [-0.39, 0.29) is 11.2 Å². The highest BCUT2D eigenvalue weighted by atomic mass is 32.2. The molecule has 1 unspecified atom stereocenters. The minimum absolute atomic E-state index is 0.168. The second-order valence-electron chi connectivity index (χ2n) is 5.35. The van der Waals surface area contributed by atoms with Gasteiger partial charge in [-0.2, -0.15) is 0 Å². The lowest BCUT2D eigenvalue weighted by Gasteiger charge is -2.28. The summed E-state index contributed by atoms with van der Waals surface area (Å²) in [4.78, 5) is 18.7. The number of aromatic nitrogens is 1. The van der Waals surface area contributed by atoms with Gasteiger partial charge in [0.1, 0.15) is 5.52 Å². The van der Waals surface area contributed by atoms with E-state index in [9.17, 15) is 4.79 Å². The fourth-order valence-electron chi connectivity index (χ4n) is 2.54. The van der Waals surface area contributed by atoms with Crippen LogP contribution in [0.15, 0.2) is 27.8 Å². The summed E-state index contributed by atoms with van der Waals surface area (Å²) in [5.41, 5.74) is 7.80. The molecule has 1 aromatic heterocycles. The monoisotopic (exact) mass is 305 g/mol. The van der Waals surface area contributed by atoms with Crippen LogP contribution in [0.25, 0.3) is 11.1 Å². The summed E-state index contributed by atoms with van der Waals surface area (Å²) in [5.74, 6) is 0.168. The molecule has 3 rings (SSSR count). The number of hydrogen-bond acceptors (Lipinski definition) is 5. The molecule has 1 aromatic carbocycles. The number of nitrogen functional groups attached to an aromatic ring is 1. The Hall–Kier alpha value is -1.69. The highest BCUT2D eigenvalue weighted by Gasteiger charge is 2.24. The fourth-order valence-corrected chi connectivity index (χ4v) is 3.38. The molecular weight excluding hydrogens is 286 g/mol. The third-order valence-electron chi connectivity index (χ3n) is 3.69. The van der Waals surface area contributed by atoms with Crippen molar-refractivity contribution in [2.24, 2.45) is 0 Å². The zero-order valence-corrected chi connectivity index (χ0v) is 12.9. The van der Waals surface area contributed by atoms with Crippen LogP contribution in [-0.4, -0.2) is 34.1 Å². The number of fused-ring (bicyclic) bond motifs is 1. The van der Waals surface area contributed by atoms with Crippen molar-refractivity contribution in [3.8, 4) is 0 Å². The standard InChI is InChI=1S/C15H19N3O2S/c1-10(14(19)18-7-3-2-4-8-18)21-15-17-12-6-5-11(16)9-13(12)20-15/h5-6,9-10H,2-4,7-8,16H2,1H3. The van der Waals surface area contributed by atoms with E-state index in [2.05, 4.69) is 4.98 Å².